The molecule has 2 N–H and O–H groups in total. The molecule has 1 aromatic carbocycles. The van der Waals surface area contributed by atoms with Gasteiger partial charge in [0.1, 0.15) is 6.61 Å². The number of alkyl halides is 3. The highest BCUT2D eigenvalue weighted by Gasteiger charge is 2.27. The molecule has 0 aromatic heterocycles. The van der Waals surface area contributed by atoms with E-state index in [2.05, 4.69) is 22.3 Å². The van der Waals surface area contributed by atoms with Crippen LogP contribution in [0.4, 0.5) is 13.2 Å². The van der Waals surface area contributed by atoms with Crippen LogP contribution in [0.3, 0.4) is 0 Å². The van der Waals surface area contributed by atoms with Gasteiger partial charge in [-0.3, -0.25) is 4.79 Å². The van der Waals surface area contributed by atoms with E-state index in [4.69, 9.17) is 0 Å². The van der Waals surface area contributed by atoms with Gasteiger partial charge in [0.15, 0.2) is 0 Å². The molecule has 0 saturated carbocycles. The van der Waals surface area contributed by atoms with Gasteiger partial charge in [-0.15, -0.1) is 0 Å². The monoisotopic (exact) mass is 372 g/mol. The van der Waals surface area contributed by atoms with Gasteiger partial charge in [-0.1, -0.05) is 31.2 Å². The van der Waals surface area contributed by atoms with Crippen LogP contribution in [0.1, 0.15) is 37.3 Å². The molecule has 1 aromatic rings. The molecule has 7 heteroatoms. The molecule has 1 amide bonds. The highest BCUT2D eigenvalue weighted by atomic mass is 19.4. The fraction of sp³-hybridized carbons (Fsp3) is 0.632. The summed E-state index contributed by atoms with van der Waals surface area (Å²) >= 11 is 0. The minimum absolute atomic E-state index is 0.0358. The van der Waals surface area contributed by atoms with Crippen LogP contribution in [-0.2, 0) is 22.7 Å². The van der Waals surface area contributed by atoms with Crippen LogP contribution in [-0.4, -0.2) is 31.8 Å². The predicted octanol–water partition coefficient (Wildman–Crippen LogP) is 3.41. The molecule has 4 nitrogen and oxygen atoms in total. The largest absolute Gasteiger partial charge is 0.411 e. The average molecular weight is 372 g/mol. The Labute approximate surface area is 152 Å². The molecule has 0 radical (unpaired) electrons. The summed E-state index contributed by atoms with van der Waals surface area (Å²) in [6, 6.07) is 7.02. The first-order valence-electron chi connectivity index (χ1n) is 9.03. The van der Waals surface area contributed by atoms with E-state index in [0.717, 1.165) is 31.5 Å². The van der Waals surface area contributed by atoms with Crippen LogP contribution in [0.15, 0.2) is 24.3 Å². The number of carbonyl (C=O) groups is 1. The number of halogens is 3. The third-order valence-electron chi connectivity index (χ3n) is 4.74. The Morgan fingerprint density at radius 2 is 1.85 bits per heavy atom. The molecule has 0 spiro atoms. The van der Waals surface area contributed by atoms with E-state index in [-0.39, 0.29) is 12.5 Å². The molecule has 0 bridgehead atoms. The van der Waals surface area contributed by atoms with Crippen LogP contribution in [0.5, 0.6) is 0 Å². The van der Waals surface area contributed by atoms with Gasteiger partial charge in [0.25, 0.3) is 0 Å². The number of amides is 1. The number of hydrogen-bond donors (Lipinski definition) is 2. The molecule has 1 aliphatic rings. The van der Waals surface area contributed by atoms with Gasteiger partial charge >= 0.3 is 6.18 Å². The Hall–Kier alpha value is -1.60. The maximum Gasteiger partial charge on any atom is 0.411 e. The van der Waals surface area contributed by atoms with Gasteiger partial charge < -0.3 is 15.4 Å². The summed E-state index contributed by atoms with van der Waals surface area (Å²) in [6.07, 6.45) is -1.55. The Morgan fingerprint density at radius 1 is 1.23 bits per heavy atom. The van der Waals surface area contributed by atoms with Crippen molar-refractivity contribution in [2.45, 2.75) is 45.5 Å². The molecule has 1 heterocycles. The Kier molecular flexibility index (Phi) is 7.90. The molecule has 1 fully saturated rings. The molecule has 2 rings (SSSR count). The van der Waals surface area contributed by atoms with Gasteiger partial charge in [-0.2, -0.15) is 13.2 Å². The van der Waals surface area contributed by atoms with Crippen molar-refractivity contribution in [1.82, 2.24) is 10.6 Å². The van der Waals surface area contributed by atoms with E-state index in [1.54, 1.807) is 24.3 Å². The van der Waals surface area contributed by atoms with Gasteiger partial charge in [-0.25, -0.2) is 0 Å². The van der Waals surface area contributed by atoms with Crippen molar-refractivity contribution in [3.63, 3.8) is 0 Å². The van der Waals surface area contributed by atoms with Crippen LogP contribution in [0.2, 0.25) is 0 Å². The zero-order valence-electron chi connectivity index (χ0n) is 15.1. The zero-order chi connectivity index (χ0) is 19.0. The van der Waals surface area contributed by atoms with Crippen LogP contribution in [0, 0.1) is 11.8 Å². The summed E-state index contributed by atoms with van der Waals surface area (Å²) in [5, 5.41) is 6.25. The summed E-state index contributed by atoms with van der Waals surface area (Å²) in [5.74, 6) is 0.997. The molecule has 146 valence electrons. The normalized spacial score (nSPS) is 17.1. The van der Waals surface area contributed by atoms with Crippen molar-refractivity contribution in [2.75, 3.05) is 19.7 Å². The molecule has 1 aliphatic heterocycles. The zero-order valence-corrected chi connectivity index (χ0v) is 15.1. The van der Waals surface area contributed by atoms with E-state index in [0.29, 0.717) is 30.4 Å². The maximum atomic E-state index is 12.1. The first-order valence-corrected chi connectivity index (χ1v) is 9.03. The third-order valence-corrected chi connectivity index (χ3v) is 4.74. The van der Waals surface area contributed by atoms with Crippen molar-refractivity contribution < 1.29 is 22.7 Å². The van der Waals surface area contributed by atoms with Crippen molar-refractivity contribution >= 4 is 5.91 Å². The van der Waals surface area contributed by atoms with Crippen LogP contribution >= 0.6 is 0 Å². The lowest BCUT2D eigenvalue weighted by Crippen LogP contribution is -2.33. The van der Waals surface area contributed by atoms with Crippen molar-refractivity contribution in [3.05, 3.63) is 35.4 Å². The second-order valence-corrected chi connectivity index (χ2v) is 6.97. The summed E-state index contributed by atoms with van der Waals surface area (Å²) < 4.78 is 40.7. The van der Waals surface area contributed by atoms with E-state index < -0.39 is 12.8 Å². The quantitative estimate of drug-likeness (QED) is 0.735. The average Bonchev–Trinajstić information content (AvgIpc) is 2.61. The first kappa shape index (κ1) is 20.7. The highest BCUT2D eigenvalue weighted by molar-refractivity contribution is 5.76. The van der Waals surface area contributed by atoms with E-state index in [9.17, 15) is 18.0 Å². The number of carbonyl (C=O) groups excluding carboxylic acids is 1. The summed E-state index contributed by atoms with van der Waals surface area (Å²) in [6.45, 7) is 3.26. The minimum Gasteiger partial charge on any atom is -0.367 e. The Morgan fingerprint density at radius 3 is 2.46 bits per heavy atom. The van der Waals surface area contributed by atoms with Crippen molar-refractivity contribution in [3.8, 4) is 0 Å². The molecular weight excluding hydrogens is 345 g/mol. The summed E-state index contributed by atoms with van der Waals surface area (Å²) in [4.78, 5) is 12.1. The molecule has 1 saturated heterocycles. The van der Waals surface area contributed by atoms with E-state index in [1.165, 1.54) is 0 Å². The number of benzene rings is 1. The summed E-state index contributed by atoms with van der Waals surface area (Å²) in [7, 11) is 0. The second-order valence-electron chi connectivity index (χ2n) is 6.97. The number of hydrogen-bond acceptors (Lipinski definition) is 3. The van der Waals surface area contributed by atoms with Gasteiger partial charge in [-0.05, 0) is 48.9 Å². The molecule has 0 aliphatic carbocycles. The fourth-order valence-electron chi connectivity index (χ4n) is 3.18. The summed E-state index contributed by atoms with van der Waals surface area (Å²) in [5.41, 5.74) is 1.58. The van der Waals surface area contributed by atoms with Crippen molar-refractivity contribution in [1.29, 1.82) is 0 Å². The van der Waals surface area contributed by atoms with E-state index >= 15 is 0 Å². The molecular formula is C19H27F3N2O2. The lowest BCUT2D eigenvalue weighted by molar-refractivity contribution is -0.176. The standard InChI is InChI=1S/C19H27F3N2O2/c1-14(17-6-8-23-9-7-17)10-18(25)24-11-15-2-4-16(5-3-15)12-26-13-19(20,21)22/h2-5,14,17,23H,6-13H2,1H3,(H,24,25). The fourth-order valence-corrected chi connectivity index (χ4v) is 3.18. The molecule has 1 atom stereocenters. The second kappa shape index (κ2) is 9.92. The van der Waals surface area contributed by atoms with E-state index in [1.807, 2.05) is 0 Å². The minimum atomic E-state index is -4.31. The van der Waals surface area contributed by atoms with Crippen molar-refractivity contribution in [2.24, 2.45) is 11.8 Å². The Bertz CT molecular complexity index is 555. The van der Waals surface area contributed by atoms with Gasteiger partial charge in [0.2, 0.25) is 5.91 Å². The number of nitrogens with one attached hydrogen (secondary N) is 2. The van der Waals surface area contributed by atoms with Crippen LogP contribution in [0.25, 0.3) is 0 Å². The topological polar surface area (TPSA) is 50.4 Å². The third kappa shape index (κ3) is 7.74. The SMILES string of the molecule is CC(CC(=O)NCc1ccc(COCC(F)(F)F)cc1)C1CCNCC1. The molecule has 26 heavy (non-hydrogen) atoms. The van der Waals surface area contributed by atoms with Gasteiger partial charge in [0.05, 0.1) is 6.61 Å². The number of rotatable bonds is 8. The number of piperidine rings is 1. The highest BCUT2D eigenvalue weighted by Crippen LogP contribution is 2.24. The lowest BCUT2D eigenvalue weighted by Gasteiger charge is -2.27. The first-order chi connectivity index (χ1) is 12.3. The molecule has 1 unspecified atom stereocenters. The Balaban J connectivity index is 1.69. The van der Waals surface area contributed by atoms with Gasteiger partial charge in [0, 0.05) is 13.0 Å². The lowest BCUT2D eigenvalue weighted by atomic mass is 9.84. The van der Waals surface area contributed by atoms with Crippen LogP contribution < -0.4 is 10.6 Å². The smallest absolute Gasteiger partial charge is 0.367 e. The predicted molar refractivity (Wildman–Crippen MR) is 93.4 cm³/mol. The number of ether oxygens (including phenoxy) is 1. The maximum absolute atomic E-state index is 12.1.